The third-order valence-electron chi connectivity index (χ3n) is 2.82. The fraction of sp³-hybridized carbons (Fsp3) is 0.636. The number of ether oxygens (including phenoxy) is 1. The second-order valence-corrected chi connectivity index (χ2v) is 3.97. The maximum atomic E-state index is 11.8. The third kappa shape index (κ3) is 3.54. The lowest BCUT2D eigenvalue weighted by Crippen LogP contribution is -2.47. The summed E-state index contributed by atoms with van der Waals surface area (Å²) in [5.41, 5.74) is 0. The average molecular weight is 242 g/mol. The predicted octanol–water partition coefficient (Wildman–Crippen LogP) is -0.680. The van der Waals surface area contributed by atoms with Crippen molar-refractivity contribution in [1.29, 1.82) is 0 Å². The van der Waals surface area contributed by atoms with Gasteiger partial charge in [-0.2, -0.15) is 0 Å². The summed E-state index contributed by atoms with van der Waals surface area (Å²) in [4.78, 5) is 24.2. The molecule has 1 aliphatic heterocycles. The molecule has 1 amide bonds. The van der Waals surface area contributed by atoms with Crippen LogP contribution in [0.15, 0.2) is 12.7 Å². The van der Waals surface area contributed by atoms with Crippen LogP contribution in [0, 0.1) is 5.92 Å². The lowest BCUT2D eigenvalue weighted by molar-refractivity contribution is -0.144. The number of carbonyl (C=O) groups is 2. The second kappa shape index (κ2) is 6.36. The molecule has 1 saturated heterocycles. The van der Waals surface area contributed by atoms with Gasteiger partial charge in [0.1, 0.15) is 5.92 Å². The van der Waals surface area contributed by atoms with E-state index in [2.05, 4.69) is 11.9 Å². The van der Waals surface area contributed by atoms with E-state index in [-0.39, 0.29) is 31.7 Å². The summed E-state index contributed by atoms with van der Waals surface area (Å²) in [6.45, 7) is 4.69. The average Bonchev–Trinajstić information content (AvgIpc) is 2.77. The molecule has 0 saturated carbocycles. The molecule has 1 heterocycles. The Kier molecular flexibility index (Phi) is 5.11. The predicted molar refractivity (Wildman–Crippen MR) is 61.6 cm³/mol. The van der Waals surface area contributed by atoms with E-state index in [9.17, 15) is 9.59 Å². The first kappa shape index (κ1) is 13.7. The molecule has 2 N–H and O–H groups in total. The van der Waals surface area contributed by atoms with Crippen LogP contribution in [0.2, 0.25) is 0 Å². The Balaban J connectivity index is 2.50. The Labute approximate surface area is 100 Å². The molecule has 0 bridgehead atoms. The van der Waals surface area contributed by atoms with Crippen molar-refractivity contribution in [3.63, 3.8) is 0 Å². The summed E-state index contributed by atoms with van der Waals surface area (Å²) >= 11 is 0. The summed E-state index contributed by atoms with van der Waals surface area (Å²) in [6, 6.07) is -0.384. The number of nitrogens with one attached hydrogen (secondary N) is 1. The topological polar surface area (TPSA) is 78.9 Å². The summed E-state index contributed by atoms with van der Waals surface area (Å²) in [6.07, 6.45) is 1.66. The van der Waals surface area contributed by atoms with Gasteiger partial charge in [-0.05, 0) is 0 Å². The van der Waals surface area contributed by atoms with Gasteiger partial charge < -0.3 is 20.1 Å². The van der Waals surface area contributed by atoms with E-state index in [4.69, 9.17) is 9.84 Å². The molecule has 6 nitrogen and oxygen atoms in total. The van der Waals surface area contributed by atoms with Crippen LogP contribution >= 0.6 is 0 Å². The maximum Gasteiger partial charge on any atom is 0.311 e. The molecule has 96 valence electrons. The number of hydrogen-bond acceptors (Lipinski definition) is 4. The molecule has 0 aromatic heterocycles. The van der Waals surface area contributed by atoms with Gasteiger partial charge in [0.25, 0.3) is 0 Å². The van der Waals surface area contributed by atoms with Crippen molar-refractivity contribution in [2.45, 2.75) is 6.04 Å². The summed E-state index contributed by atoms with van der Waals surface area (Å²) < 4.78 is 5.12. The summed E-state index contributed by atoms with van der Waals surface area (Å²) in [7, 11) is 1.60. The fourth-order valence-electron chi connectivity index (χ4n) is 1.75. The first-order valence-electron chi connectivity index (χ1n) is 5.45. The van der Waals surface area contributed by atoms with Crippen molar-refractivity contribution in [3.8, 4) is 0 Å². The van der Waals surface area contributed by atoms with Crippen molar-refractivity contribution in [1.82, 2.24) is 10.2 Å². The molecule has 0 aromatic carbocycles. The molecular weight excluding hydrogens is 224 g/mol. The van der Waals surface area contributed by atoms with Gasteiger partial charge in [-0.3, -0.25) is 9.59 Å². The number of carbonyl (C=O) groups excluding carboxylic acids is 1. The van der Waals surface area contributed by atoms with Crippen molar-refractivity contribution in [3.05, 3.63) is 12.7 Å². The molecule has 2 unspecified atom stereocenters. The number of likely N-dealkylation sites (N-methyl/N-ethyl adjacent to an activating group) is 1. The summed E-state index contributed by atoms with van der Waals surface area (Å²) in [5, 5.41) is 11.9. The molecule has 2 atom stereocenters. The van der Waals surface area contributed by atoms with Crippen LogP contribution in [0.1, 0.15) is 0 Å². The third-order valence-corrected chi connectivity index (χ3v) is 2.82. The number of amides is 1. The second-order valence-electron chi connectivity index (χ2n) is 3.97. The number of aliphatic carboxylic acids is 1. The molecule has 17 heavy (non-hydrogen) atoms. The highest BCUT2D eigenvalue weighted by molar-refractivity contribution is 5.80. The van der Waals surface area contributed by atoms with Gasteiger partial charge in [-0.15, -0.1) is 6.58 Å². The zero-order valence-electron chi connectivity index (χ0n) is 9.89. The van der Waals surface area contributed by atoms with Gasteiger partial charge in [0.2, 0.25) is 5.91 Å². The van der Waals surface area contributed by atoms with Crippen molar-refractivity contribution < 1.29 is 19.4 Å². The van der Waals surface area contributed by atoms with E-state index in [1.54, 1.807) is 13.1 Å². The van der Waals surface area contributed by atoms with Crippen LogP contribution in [-0.4, -0.2) is 61.3 Å². The standard InChI is InChI=1S/C11H18N2O4/c1-3-4-12-5-10(14)13(2)9-7-17-6-8(9)11(15)16/h3,8-9,12H,1,4-7H2,2H3,(H,15,16). The van der Waals surface area contributed by atoms with Crippen LogP contribution in [0.25, 0.3) is 0 Å². The number of carboxylic acid groups (broad SMARTS) is 1. The Hall–Kier alpha value is -1.40. The zero-order valence-corrected chi connectivity index (χ0v) is 9.89. The molecule has 0 aliphatic carbocycles. The number of rotatable bonds is 6. The van der Waals surface area contributed by atoms with Gasteiger partial charge in [0, 0.05) is 13.6 Å². The minimum absolute atomic E-state index is 0.145. The molecule has 0 spiro atoms. The maximum absolute atomic E-state index is 11.8. The smallest absolute Gasteiger partial charge is 0.311 e. The Bertz CT molecular complexity index is 306. The number of hydrogen-bond donors (Lipinski definition) is 2. The van der Waals surface area contributed by atoms with Crippen LogP contribution in [-0.2, 0) is 14.3 Å². The monoisotopic (exact) mass is 242 g/mol. The van der Waals surface area contributed by atoms with E-state index in [1.807, 2.05) is 0 Å². The molecule has 1 aliphatic rings. The Morgan fingerprint density at radius 3 is 2.88 bits per heavy atom. The lowest BCUT2D eigenvalue weighted by atomic mass is 10.0. The highest BCUT2D eigenvalue weighted by Crippen LogP contribution is 2.18. The van der Waals surface area contributed by atoms with Crippen LogP contribution in [0.5, 0.6) is 0 Å². The first-order valence-corrected chi connectivity index (χ1v) is 5.45. The van der Waals surface area contributed by atoms with Crippen molar-refractivity contribution in [2.75, 3.05) is 33.4 Å². The zero-order chi connectivity index (χ0) is 12.8. The van der Waals surface area contributed by atoms with Gasteiger partial charge >= 0.3 is 5.97 Å². The largest absolute Gasteiger partial charge is 0.481 e. The van der Waals surface area contributed by atoms with E-state index in [1.165, 1.54) is 4.90 Å². The first-order chi connectivity index (χ1) is 8.07. The van der Waals surface area contributed by atoms with Crippen LogP contribution < -0.4 is 5.32 Å². The van der Waals surface area contributed by atoms with E-state index in [0.717, 1.165) is 0 Å². The SMILES string of the molecule is C=CCNCC(=O)N(C)C1COCC1C(=O)O. The minimum Gasteiger partial charge on any atom is -0.481 e. The van der Waals surface area contributed by atoms with Crippen molar-refractivity contribution >= 4 is 11.9 Å². The van der Waals surface area contributed by atoms with Gasteiger partial charge in [0.05, 0.1) is 25.8 Å². The Morgan fingerprint density at radius 2 is 2.29 bits per heavy atom. The van der Waals surface area contributed by atoms with E-state index in [0.29, 0.717) is 6.54 Å². The fourth-order valence-corrected chi connectivity index (χ4v) is 1.75. The van der Waals surface area contributed by atoms with Crippen LogP contribution in [0.4, 0.5) is 0 Å². The molecular formula is C11H18N2O4. The molecule has 0 aromatic rings. The Morgan fingerprint density at radius 1 is 1.59 bits per heavy atom. The van der Waals surface area contributed by atoms with Gasteiger partial charge in [0.15, 0.2) is 0 Å². The highest BCUT2D eigenvalue weighted by Gasteiger charge is 2.38. The van der Waals surface area contributed by atoms with Crippen LogP contribution in [0.3, 0.4) is 0 Å². The summed E-state index contributed by atoms with van der Waals surface area (Å²) in [5.74, 6) is -1.71. The van der Waals surface area contributed by atoms with E-state index < -0.39 is 11.9 Å². The molecule has 1 rings (SSSR count). The molecule has 0 radical (unpaired) electrons. The minimum atomic E-state index is -0.925. The van der Waals surface area contributed by atoms with Gasteiger partial charge in [-0.25, -0.2) is 0 Å². The lowest BCUT2D eigenvalue weighted by Gasteiger charge is -2.26. The molecule has 6 heteroatoms. The van der Waals surface area contributed by atoms with E-state index >= 15 is 0 Å². The highest BCUT2D eigenvalue weighted by atomic mass is 16.5. The number of nitrogens with zero attached hydrogens (tertiary/aromatic N) is 1. The molecule has 1 fully saturated rings. The van der Waals surface area contributed by atoms with Gasteiger partial charge in [-0.1, -0.05) is 6.08 Å². The number of carboxylic acids is 1. The normalized spacial score (nSPS) is 23.4. The quantitative estimate of drug-likeness (QED) is 0.476. The van der Waals surface area contributed by atoms with Crippen molar-refractivity contribution in [2.24, 2.45) is 5.92 Å².